The molecule has 2 N–H and O–H groups in total. The van der Waals surface area contributed by atoms with Gasteiger partial charge in [0.1, 0.15) is 5.75 Å². The fraction of sp³-hybridized carbons (Fsp3) is 0.500. The Morgan fingerprint density at radius 1 is 0.919 bits per heavy atom. The molecular formula is C28H34N6O3. The Morgan fingerprint density at radius 2 is 1.68 bits per heavy atom. The molecule has 3 aromatic rings. The summed E-state index contributed by atoms with van der Waals surface area (Å²) in [6.07, 6.45) is 10.5. The highest BCUT2D eigenvalue weighted by molar-refractivity contribution is 5.73. The molecule has 2 aliphatic heterocycles. The molecule has 9 nitrogen and oxygen atoms in total. The van der Waals surface area contributed by atoms with Crippen LogP contribution in [-0.4, -0.2) is 62.7 Å². The molecule has 0 amide bonds. The van der Waals surface area contributed by atoms with E-state index >= 15 is 0 Å². The largest absolute Gasteiger partial charge is 0.507 e. The van der Waals surface area contributed by atoms with Crippen LogP contribution in [-0.2, 0) is 0 Å². The quantitative estimate of drug-likeness (QED) is 0.488. The molecular weight excluding hydrogens is 468 g/mol. The SMILES string of the molecule is COc1cc(-c2ccc(-c3ncc(N(C4CC4)[C@H]4C[C@]5(C)CC[C@](C)(C4)N5)nn3)c(O)c2)cnc1OC. The standard InChI is InChI=1S/C28H34N6O3/c1-27-9-10-28(2,33-27)14-20(13-27)34(19-6-7-19)24-16-29-25(32-31-24)21-8-5-17(11-22(21)35)18-12-23(36-3)26(37-4)30-15-18/h5,8,11-12,15-16,19-20,33,35H,6-7,9-10,13-14H2,1-4H3/t20-,27-,28+. The lowest BCUT2D eigenvalue weighted by molar-refractivity contribution is 0.203. The number of benzene rings is 1. The Kier molecular flexibility index (Phi) is 5.71. The number of ether oxygens (including phenoxy) is 2. The van der Waals surface area contributed by atoms with Crippen molar-refractivity contribution in [3.63, 3.8) is 0 Å². The van der Waals surface area contributed by atoms with E-state index in [1.54, 1.807) is 26.5 Å². The molecule has 2 saturated heterocycles. The summed E-state index contributed by atoms with van der Waals surface area (Å²) in [6.45, 7) is 4.71. The second-order valence-corrected chi connectivity index (χ2v) is 11.3. The zero-order valence-corrected chi connectivity index (χ0v) is 21.9. The van der Waals surface area contributed by atoms with E-state index in [4.69, 9.17) is 9.47 Å². The van der Waals surface area contributed by atoms with E-state index < -0.39 is 0 Å². The lowest BCUT2D eigenvalue weighted by atomic mass is 9.84. The van der Waals surface area contributed by atoms with Crippen molar-refractivity contribution in [3.05, 3.63) is 36.7 Å². The summed E-state index contributed by atoms with van der Waals surface area (Å²) in [5, 5.41) is 23.8. The number of hydrogen-bond acceptors (Lipinski definition) is 9. The number of nitrogens with one attached hydrogen (secondary N) is 1. The number of rotatable bonds is 7. The van der Waals surface area contributed by atoms with Crippen molar-refractivity contribution in [2.24, 2.45) is 0 Å². The first kappa shape index (κ1) is 23.9. The van der Waals surface area contributed by atoms with Gasteiger partial charge in [0.25, 0.3) is 5.88 Å². The lowest BCUT2D eigenvalue weighted by Gasteiger charge is -2.46. The summed E-state index contributed by atoms with van der Waals surface area (Å²) < 4.78 is 10.6. The summed E-state index contributed by atoms with van der Waals surface area (Å²) in [6, 6.07) is 8.15. The average molecular weight is 503 g/mol. The van der Waals surface area contributed by atoms with Crippen LogP contribution in [0.25, 0.3) is 22.5 Å². The normalized spacial score (nSPS) is 26.6. The highest BCUT2D eigenvalue weighted by Crippen LogP contribution is 2.46. The van der Waals surface area contributed by atoms with Crippen molar-refractivity contribution >= 4 is 5.82 Å². The maximum Gasteiger partial charge on any atom is 0.256 e. The Bertz CT molecular complexity index is 1300. The number of hydrogen-bond donors (Lipinski definition) is 2. The lowest BCUT2D eigenvalue weighted by Crippen LogP contribution is -2.59. The van der Waals surface area contributed by atoms with Gasteiger partial charge < -0.3 is 24.8 Å². The van der Waals surface area contributed by atoms with Gasteiger partial charge in [0.2, 0.25) is 0 Å². The van der Waals surface area contributed by atoms with Crippen molar-refractivity contribution in [2.45, 2.75) is 75.5 Å². The fourth-order valence-corrected chi connectivity index (χ4v) is 6.35. The van der Waals surface area contributed by atoms with Crippen LogP contribution in [0, 0.1) is 0 Å². The second-order valence-electron chi connectivity index (χ2n) is 11.3. The monoisotopic (exact) mass is 502 g/mol. The highest BCUT2D eigenvalue weighted by atomic mass is 16.5. The van der Waals surface area contributed by atoms with E-state index in [9.17, 15) is 5.11 Å². The fourth-order valence-electron chi connectivity index (χ4n) is 6.35. The number of phenolic OH excluding ortho intramolecular Hbond substituents is 1. The van der Waals surface area contributed by atoms with Crippen LogP contribution in [0.1, 0.15) is 52.4 Å². The smallest absolute Gasteiger partial charge is 0.256 e. The van der Waals surface area contributed by atoms with E-state index in [0.29, 0.717) is 35.1 Å². The van der Waals surface area contributed by atoms with E-state index in [2.05, 4.69) is 44.2 Å². The van der Waals surface area contributed by atoms with Crippen LogP contribution in [0.4, 0.5) is 5.82 Å². The Hall–Kier alpha value is -3.46. The number of piperidine rings is 1. The molecule has 6 rings (SSSR count). The zero-order valence-electron chi connectivity index (χ0n) is 21.9. The van der Waals surface area contributed by atoms with Gasteiger partial charge in [0.05, 0.1) is 26.0 Å². The molecule has 0 unspecified atom stereocenters. The molecule has 194 valence electrons. The maximum absolute atomic E-state index is 10.8. The maximum atomic E-state index is 10.8. The predicted molar refractivity (Wildman–Crippen MR) is 141 cm³/mol. The molecule has 3 aliphatic rings. The van der Waals surface area contributed by atoms with Gasteiger partial charge in [-0.2, -0.15) is 0 Å². The van der Waals surface area contributed by atoms with Crippen LogP contribution in [0.3, 0.4) is 0 Å². The summed E-state index contributed by atoms with van der Waals surface area (Å²) >= 11 is 0. The van der Waals surface area contributed by atoms with E-state index in [-0.39, 0.29) is 16.8 Å². The molecule has 3 fully saturated rings. The van der Waals surface area contributed by atoms with Gasteiger partial charge in [-0.05, 0) is 76.1 Å². The molecule has 2 bridgehead atoms. The van der Waals surface area contributed by atoms with Crippen molar-refractivity contribution in [2.75, 3.05) is 19.1 Å². The second kappa shape index (κ2) is 8.83. The van der Waals surface area contributed by atoms with Gasteiger partial charge in [0, 0.05) is 34.9 Å². The van der Waals surface area contributed by atoms with Gasteiger partial charge in [-0.1, -0.05) is 6.07 Å². The van der Waals surface area contributed by atoms with Crippen molar-refractivity contribution in [1.82, 2.24) is 25.5 Å². The van der Waals surface area contributed by atoms with Crippen LogP contribution >= 0.6 is 0 Å². The number of pyridine rings is 1. The molecule has 1 saturated carbocycles. The Morgan fingerprint density at radius 3 is 2.27 bits per heavy atom. The summed E-state index contributed by atoms with van der Waals surface area (Å²) in [5.74, 6) is 2.25. The first-order valence-electron chi connectivity index (χ1n) is 13.0. The summed E-state index contributed by atoms with van der Waals surface area (Å²) in [4.78, 5) is 11.4. The number of aromatic nitrogens is 4. The molecule has 4 heterocycles. The number of aromatic hydroxyl groups is 1. The van der Waals surface area contributed by atoms with Crippen LogP contribution in [0.15, 0.2) is 36.7 Å². The minimum Gasteiger partial charge on any atom is -0.507 e. The van der Waals surface area contributed by atoms with Crippen molar-refractivity contribution in [1.29, 1.82) is 0 Å². The van der Waals surface area contributed by atoms with Gasteiger partial charge in [-0.3, -0.25) is 0 Å². The molecule has 2 aromatic heterocycles. The van der Waals surface area contributed by atoms with Gasteiger partial charge in [0.15, 0.2) is 17.4 Å². The van der Waals surface area contributed by atoms with Gasteiger partial charge >= 0.3 is 0 Å². The number of methoxy groups -OCH3 is 2. The first-order valence-corrected chi connectivity index (χ1v) is 13.0. The van der Waals surface area contributed by atoms with E-state index in [1.165, 1.54) is 25.7 Å². The van der Waals surface area contributed by atoms with Crippen LogP contribution in [0.2, 0.25) is 0 Å². The number of phenols is 1. The van der Waals surface area contributed by atoms with Crippen molar-refractivity contribution < 1.29 is 14.6 Å². The zero-order chi connectivity index (χ0) is 25.8. The van der Waals surface area contributed by atoms with Gasteiger partial charge in [-0.15, -0.1) is 10.2 Å². The Balaban J connectivity index is 1.25. The molecule has 0 radical (unpaired) electrons. The first-order chi connectivity index (χ1) is 17.8. The average Bonchev–Trinajstić information content (AvgIpc) is 3.69. The third-order valence-electron chi connectivity index (χ3n) is 8.16. The van der Waals surface area contributed by atoms with Gasteiger partial charge in [-0.25, -0.2) is 9.97 Å². The van der Waals surface area contributed by atoms with Crippen LogP contribution in [0.5, 0.6) is 17.4 Å². The molecule has 37 heavy (non-hydrogen) atoms. The van der Waals surface area contributed by atoms with Crippen LogP contribution < -0.4 is 19.7 Å². The highest BCUT2D eigenvalue weighted by Gasteiger charge is 2.51. The summed E-state index contributed by atoms with van der Waals surface area (Å²) in [7, 11) is 3.11. The van der Waals surface area contributed by atoms with Crippen molar-refractivity contribution in [3.8, 4) is 39.9 Å². The van der Waals surface area contributed by atoms with E-state index in [1.807, 2.05) is 24.4 Å². The minimum atomic E-state index is 0.0802. The molecule has 1 aliphatic carbocycles. The number of fused-ring (bicyclic) bond motifs is 2. The predicted octanol–water partition coefficient (Wildman–Crippen LogP) is 4.36. The van der Waals surface area contributed by atoms with E-state index in [0.717, 1.165) is 29.8 Å². The molecule has 0 spiro atoms. The third kappa shape index (κ3) is 4.45. The third-order valence-corrected chi connectivity index (χ3v) is 8.16. The Labute approximate surface area is 217 Å². The molecule has 9 heteroatoms. The minimum absolute atomic E-state index is 0.0802. The number of anilines is 1. The topological polar surface area (TPSA) is 106 Å². The number of nitrogens with zero attached hydrogens (tertiary/aromatic N) is 5. The summed E-state index contributed by atoms with van der Waals surface area (Å²) in [5.41, 5.74) is 2.49. The molecule has 1 aromatic carbocycles. The molecule has 3 atom stereocenters.